The largest absolute Gasteiger partial charge is 0.337 e. The lowest BCUT2D eigenvalue weighted by Gasteiger charge is -2.05. The third-order valence-corrected chi connectivity index (χ3v) is 4.34. The van der Waals surface area contributed by atoms with Crippen LogP contribution in [0.1, 0.15) is 17.7 Å². The van der Waals surface area contributed by atoms with E-state index >= 15 is 0 Å². The molecule has 6 heteroatoms. The van der Waals surface area contributed by atoms with E-state index in [0.717, 1.165) is 30.5 Å². The van der Waals surface area contributed by atoms with Gasteiger partial charge in [-0.3, -0.25) is 0 Å². The Hall–Kier alpha value is -1.82. The molecule has 0 unspecified atom stereocenters. The number of benzene rings is 1. The van der Waals surface area contributed by atoms with Crippen molar-refractivity contribution in [1.82, 2.24) is 5.16 Å². The van der Waals surface area contributed by atoms with Crippen molar-refractivity contribution in [2.45, 2.75) is 24.2 Å². The van der Waals surface area contributed by atoms with Crippen LogP contribution < -0.4 is 4.72 Å². The van der Waals surface area contributed by atoms with E-state index in [1.165, 1.54) is 0 Å². The second kappa shape index (κ2) is 4.13. The summed E-state index contributed by atoms with van der Waals surface area (Å²) in [5.41, 5.74) is 1.75. The van der Waals surface area contributed by atoms with E-state index < -0.39 is 10.0 Å². The number of nitrogens with one attached hydrogen (secondary N) is 1. The highest BCUT2D eigenvalue weighted by Gasteiger charge is 2.24. The van der Waals surface area contributed by atoms with Gasteiger partial charge in [-0.15, -0.1) is 0 Å². The van der Waals surface area contributed by atoms with Gasteiger partial charge in [0.1, 0.15) is 0 Å². The molecule has 1 aliphatic rings. The highest BCUT2D eigenvalue weighted by atomic mass is 32.2. The van der Waals surface area contributed by atoms with Crippen LogP contribution in [-0.4, -0.2) is 13.6 Å². The maximum Gasteiger partial charge on any atom is 0.264 e. The zero-order chi connectivity index (χ0) is 12.6. The molecule has 0 saturated heterocycles. The molecule has 0 bridgehead atoms. The second-order valence-electron chi connectivity index (χ2n) is 4.21. The molecule has 0 radical (unpaired) electrons. The molecular weight excluding hydrogens is 252 g/mol. The summed E-state index contributed by atoms with van der Waals surface area (Å²) < 4.78 is 31.7. The summed E-state index contributed by atoms with van der Waals surface area (Å²) in [5, 5.41) is 3.87. The maximum atomic E-state index is 12.1. The van der Waals surface area contributed by atoms with E-state index in [1.54, 1.807) is 30.3 Å². The lowest BCUT2D eigenvalue weighted by atomic mass is 10.3. The summed E-state index contributed by atoms with van der Waals surface area (Å²) in [6, 6.07) is 8.21. The smallest absolute Gasteiger partial charge is 0.264 e. The normalized spacial score (nSPS) is 14.4. The zero-order valence-corrected chi connectivity index (χ0v) is 10.4. The molecular formula is C12H12N2O3S. The van der Waals surface area contributed by atoms with Gasteiger partial charge in [-0.2, -0.15) is 0 Å². The van der Waals surface area contributed by atoms with Crippen molar-refractivity contribution in [3.8, 4) is 0 Å². The van der Waals surface area contributed by atoms with Crippen molar-refractivity contribution < 1.29 is 12.9 Å². The summed E-state index contributed by atoms with van der Waals surface area (Å²) >= 11 is 0. The number of fused-ring (bicyclic) bond motifs is 1. The van der Waals surface area contributed by atoms with Crippen LogP contribution in [0, 0.1) is 0 Å². The molecule has 0 atom stereocenters. The van der Waals surface area contributed by atoms with Crippen LogP contribution in [0.25, 0.3) is 0 Å². The maximum absolute atomic E-state index is 12.1. The first kappa shape index (κ1) is 11.3. The average Bonchev–Trinajstić information content (AvgIpc) is 2.95. The summed E-state index contributed by atoms with van der Waals surface area (Å²) in [6.07, 6.45) is 2.66. The molecule has 18 heavy (non-hydrogen) atoms. The Morgan fingerprint density at radius 2 is 1.94 bits per heavy atom. The predicted octanol–water partition coefficient (Wildman–Crippen LogP) is 1.96. The fourth-order valence-electron chi connectivity index (χ4n) is 2.09. The quantitative estimate of drug-likeness (QED) is 0.919. The highest BCUT2D eigenvalue weighted by molar-refractivity contribution is 7.92. The third kappa shape index (κ3) is 1.88. The SMILES string of the molecule is O=S(=O)(Nc1onc2c1CCC2)c1ccccc1. The van der Waals surface area contributed by atoms with Gasteiger partial charge in [-0.05, 0) is 31.4 Å². The molecule has 1 N–H and O–H groups in total. The fourth-order valence-corrected chi connectivity index (χ4v) is 3.13. The minimum absolute atomic E-state index is 0.216. The summed E-state index contributed by atoms with van der Waals surface area (Å²) in [5.74, 6) is 0.256. The second-order valence-corrected chi connectivity index (χ2v) is 5.89. The molecule has 0 aliphatic heterocycles. The van der Waals surface area contributed by atoms with Gasteiger partial charge in [0.2, 0.25) is 5.88 Å². The first-order valence-corrected chi connectivity index (χ1v) is 7.20. The number of rotatable bonds is 3. The van der Waals surface area contributed by atoms with Gasteiger partial charge >= 0.3 is 0 Å². The highest BCUT2D eigenvalue weighted by Crippen LogP contribution is 2.29. The molecule has 1 aliphatic carbocycles. The Labute approximate surface area is 105 Å². The van der Waals surface area contributed by atoms with Crippen LogP contribution in [0.5, 0.6) is 0 Å². The molecule has 0 fully saturated rings. The van der Waals surface area contributed by atoms with E-state index in [1.807, 2.05) is 0 Å². The van der Waals surface area contributed by atoms with Gasteiger partial charge in [0.15, 0.2) is 0 Å². The van der Waals surface area contributed by atoms with Gasteiger partial charge in [-0.1, -0.05) is 23.4 Å². The Morgan fingerprint density at radius 1 is 1.17 bits per heavy atom. The monoisotopic (exact) mass is 264 g/mol. The molecule has 0 spiro atoms. The Balaban J connectivity index is 1.93. The number of aromatic nitrogens is 1. The van der Waals surface area contributed by atoms with Crippen LogP contribution in [0.4, 0.5) is 5.88 Å². The predicted molar refractivity (Wildman–Crippen MR) is 65.8 cm³/mol. The van der Waals surface area contributed by atoms with Gasteiger partial charge < -0.3 is 4.52 Å². The fraction of sp³-hybridized carbons (Fsp3) is 0.250. The minimum Gasteiger partial charge on any atom is -0.337 e. The number of nitrogens with zero attached hydrogens (tertiary/aromatic N) is 1. The van der Waals surface area contributed by atoms with Crippen molar-refractivity contribution >= 4 is 15.9 Å². The van der Waals surface area contributed by atoms with E-state index in [9.17, 15) is 8.42 Å². The summed E-state index contributed by atoms with van der Waals surface area (Å²) in [7, 11) is -3.59. The van der Waals surface area contributed by atoms with Crippen molar-refractivity contribution in [2.24, 2.45) is 0 Å². The van der Waals surface area contributed by atoms with E-state index in [2.05, 4.69) is 9.88 Å². The molecule has 3 rings (SSSR count). The zero-order valence-electron chi connectivity index (χ0n) is 9.59. The first-order valence-electron chi connectivity index (χ1n) is 5.72. The number of aryl methyl sites for hydroxylation is 1. The van der Waals surface area contributed by atoms with Crippen LogP contribution in [0.15, 0.2) is 39.8 Å². The molecule has 94 valence electrons. The lowest BCUT2D eigenvalue weighted by Crippen LogP contribution is -2.13. The molecule has 2 aromatic rings. The van der Waals surface area contributed by atoms with Crippen LogP contribution in [-0.2, 0) is 22.9 Å². The molecule has 5 nitrogen and oxygen atoms in total. The van der Waals surface area contributed by atoms with E-state index in [-0.39, 0.29) is 10.8 Å². The van der Waals surface area contributed by atoms with Crippen LogP contribution in [0.3, 0.4) is 0 Å². The standard InChI is InChI=1S/C12H12N2O3S/c15-18(16,9-5-2-1-3-6-9)14-12-10-7-4-8-11(10)13-17-12/h1-3,5-6,14H,4,7-8H2. The molecule has 1 aromatic heterocycles. The van der Waals surface area contributed by atoms with Crippen molar-refractivity contribution in [2.75, 3.05) is 4.72 Å². The number of sulfonamides is 1. The Bertz CT molecular complexity index is 662. The minimum atomic E-state index is -3.59. The van der Waals surface area contributed by atoms with Gasteiger partial charge in [0.25, 0.3) is 10.0 Å². The lowest BCUT2D eigenvalue weighted by molar-refractivity contribution is 0.424. The molecule has 0 saturated carbocycles. The number of hydrogen-bond donors (Lipinski definition) is 1. The van der Waals surface area contributed by atoms with Gasteiger partial charge in [0, 0.05) is 5.56 Å². The average molecular weight is 264 g/mol. The van der Waals surface area contributed by atoms with E-state index in [0.29, 0.717) is 0 Å². The topological polar surface area (TPSA) is 72.2 Å². The van der Waals surface area contributed by atoms with Crippen LogP contribution in [0.2, 0.25) is 0 Å². The van der Waals surface area contributed by atoms with Crippen molar-refractivity contribution in [3.05, 3.63) is 41.6 Å². The Morgan fingerprint density at radius 3 is 2.72 bits per heavy atom. The van der Waals surface area contributed by atoms with Crippen molar-refractivity contribution in [3.63, 3.8) is 0 Å². The first-order chi connectivity index (χ1) is 8.67. The third-order valence-electron chi connectivity index (χ3n) is 2.99. The van der Waals surface area contributed by atoms with Crippen LogP contribution >= 0.6 is 0 Å². The summed E-state index contributed by atoms with van der Waals surface area (Å²) in [6.45, 7) is 0. The molecule has 1 heterocycles. The molecule has 0 amide bonds. The number of hydrogen-bond acceptors (Lipinski definition) is 4. The van der Waals surface area contributed by atoms with Crippen molar-refractivity contribution in [1.29, 1.82) is 0 Å². The Kier molecular flexibility index (Phi) is 2.59. The summed E-state index contributed by atoms with van der Waals surface area (Å²) in [4.78, 5) is 0.216. The van der Waals surface area contributed by atoms with Gasteiger partial charge in [-0.25, -0.2) is 13.1 Å². The van der Waals surface area contributed by atoms with Gasteiger partial charge in [0.05, 0.1) is 10.6 Å². The molecule has 1 aromatic carbocycles. The van der Waals surface area contributed by atoms with E-state index in [4.69, 9.17) is 4.52 Å². The number of anilines is 1.